The molecule has 10 heteroatoms. The number of nitrogens with zero attached hydrogens (tertiary/aromatic N) is 5. The molecule has 4 rings (SSSR count). The highest BCUT2D eigenvalue weighted by atomic mass is 35.5. The van der Waals surface area contributed by atoms with Crippen LogP contribution >= 0.6 is 11.6 Å². The number of aryl methyl sites for hydroxylation is 1. The first-order chi connectivity index (χ1) is 13.7. The van der Waals surface area contributed by atoms with E-state index in [1.54, 1.807) is 36.3 Å². The van der Waals surface area contributed by atoms with Crippen LogP contribution in [0, 0.1) is 0 Å². The first-order valence-corrected chi connectivity index (χ1v) is 8.84. The number of rotatable bonds is 3. The topological polar surface area (TPSA) is 65.6 Å². The predicted octanol–water partition coefficient (Wildman–Crippen LogP) is 3.78. The second-order valence-corrected chi connectivity index (χ2v) is 6.80. The fraction of sp³-hybridized carbons (Fsp3) is 0.158. The molecule has 0 saturated carbocycles. The van der Waals surface area contributed by atoms with Gasteiger partial charge in [-0.25, -0.2) is 14.3 Å². The van der Waals surface area contributed by atoms with Crippen molar-refractivity contribution in [2.75, 3.05) is 0 Å². The molecule has 29 heavy (non-hydrogen) atoms. The Kier molecular flexibility index (Phi) is 4.62. The van der Waals surface area contributed by atoms with Crippen LogP contribution in [0.4, 0.5) is 13.2 Å². The Labute approximate surface area is 167 Å². The maximum atomic E-state index is 13.3. The van der Waals surface area contributed by atoms with Gasteiger partial charge in [-0.1, -0.05) is 23.7 Å². The Morgan fingerprint density at radius 1 is 1.10 bits per heavy atom. The molecule has 0 bridgehead atoms. The summed E-state index contributed by atoms with van der Waals surface area (Å²) in [5.41, 5.74) is -0.762. The van der Waals surface area contributed by atoms with Gasteiger partial charge in [-0.3, -0.25) is 4.68 Å². The number of hydrogen-bond acceptors (Lipinski definition) is 4. The van der Waals surface area contributed by atoms with Crippen LogP contribution in [-0.2, 0) is 19.6 Å². The molecule has 1 aromatic carbocycles. The van der Waals surface area contributed by atoms with E-state index in [0.29, 0.717) is 11.1 Å². The van der Waals surface area contributed by atoms with Crippen LogP contribution in [0.2, 0.25) is 5.02 Å². The number of hydrogen-bond donors (Lipinski definition) is 0. The van der Waals surface area contributed by atoms with E-state index in [1.807, 2.05) is 0 Å². The monoisotopic (exact) mass is 419 g/mol. The van der Waals surface area contributed by atoms with Gasteiger partial charge < -0.3 is 0 Å². The van der Waals surface area contributed by atoms with Crippen molar-refractivity contribution < 1.29 is 13.2 Å². The Bertz CT molecular complexity index is 1280. The normalized spacial score (nSPS) is 11.9. The lowest BCUT2D eigenvalue weighted by Gasteiger charge is -2.14. The molecule has 148 valence electrons. The van der Waals surface area contributed by atoms with Crippen LogP contribution < -0.4 is 5.69 Å². The van der Waals surface area contributed by atoms with Crippen molar-refractivity contribution in [1.82, 2.24) is 24.3 Å². The zero-order chi connectivity index (χ0) is 20.8. The van der Waals surface area contributed by atoms with E-state index in [4.69, 9.17) is 11.6 Å². The average Bonchev–Trinajstić information content (AvgIpc) is 3.06. The fourth-order valence-corrected chi connectivity index (χ4v) is 3.28. The first kappa shape index (κ1) is 19.1. The van der Waals surface area contributed by atoms with Crippen LogP contribution in [-0.4, -0.2) is 24.3 Å². The van der Waals surface area contributed by atoms with E-state index in [2.05, 4.69) is 15.1 Å². The zero-order valence-corrected chi connectivity index (χ0v) is 15.7. The predicted molar refractivity (Wildman–Crippen MR) is 101 cm³/mol. The second-order valence-electron chi connectivity index (χ2n) is 6.39. The summed E-state index contributed by atoms with van der Waals surface area (Å²) in [5, 5.41) is 4.57. The number of pyridine rings is 1. The molecule has 0 atom stereocenters. The van der Waals surface area contributed by atoms with Gasteiger partial charge in [-0.15, -0.1) is 0 Å². The number of halogens is 4. The Morgan fingerprint density at radius 3 is 2.52 bits per heavy atom. The highest BCUT2D eigenvalue weighted by molar-refractivity contribution is 6.32. The molecule has 3 aromatic heterocycles. The molecule has 0 saturated heterocycles. The average molecular weight is 420 g/mol. The van der Waals surface area contributed by atoms with E-state index in [9.17, 15) is 18.0 Å². The molecule has 0 fully saturated rings. The molecule has 0 aliphatic carbocycles. The van der Waals surface area contributed by atoms with Crippen LogP contribution in [0.3, 0.4) is 0 Å². The molecule has 0 spiro atoms. The molecule has 0 aliphatic rings. The van der Waals surface area contributed by atoms with Gasteiger partial charge in [0.15, 0.2) is 5.65 Å². The third-order valence-corrected chi connectivity index (χ3v) is 4.65. The van der Waals surface area contributed by atoms with Crippen molar-refractivity contribution in [3.05, 3.63) is 81.3 Å². The number of benzene rings is 1. The SMILES string of the molecule is Cn1cc(Cc2nc(=O)n(-c3ccccc3Cl)c3nc(C(F)(F)F)ccc23)cn1. The number of para-hydroxylation sites is 1. The van der Waals surface area contributed by atoms with Gasteiger partial charge >= 0.3 is 11.9 Å². The lowest BCUT2D eigenvalue weighted by Crippen LogP contribution is -2.25. The molecule has 0 amide bonds. The van der Waals surface area contributed by atoms with Crippen molar-refractivity contribution in [2.45, 2.75) is 12.6 Å². The minimum atomic E-state index is -4.66. The summed E-state index contributed by atoms with van der Waals surface area (Å²) in [6.45, 7) is 0. The zero-order valence-electron chi connectivity index (χ0n) is 15.0. The van der Waals surface area contributed by atoms with E-state index < -0.39 is 17.6 Å². The number of alkyl halides is 3. The molecule has 4 aromatic rings. The highest BCUT2D eigenvalue weighted by Gasteiger charge is 2.33. The number of fused-ring (bicyclic) bond motifs is 1. The largest absolute Gasteiger partial charge is 0.433 e. The molecule has 6 nitrogen and oxygen atoms in total. The summed E-state index contributed by atoms with van der Waals surface area (Å²) in [6.07, 6.45) is -1.10. The van der Waals surface area contributed by atoms with E-state index in [1.165, 1.54) is 18.2 Å². The minimum Gasteiger partial charge on any atom is -0.276 e. The van der Waals surface area contributed by atoms with Crippen LogP contribution in [0.5, 0.6) is 0 Å². The third kappa shape index (κ3) is 3.61. The van der Waals surface area contributed by atoms with Crippen molar-refractivity contribution >= 4 is 22.6 Å². The second kappa shape index (κ2) is 7.00. The first-order valence-electron chi connectivity index (χ1n) is 8.46. The van der Waals surface area contributed by atoms with Crippen LogP contribution in [0.15, 0.2) is 53.6 Å². The van der Waals surface area contributed by atoms with Gasteiger partial charge in [0.1, 0.15) is 5.69 Å². The molecule has 0 radical (unpaired) electrons. The molecule has 0 N–H and O–H groups in total. The van der Waals surface area contributed by atoms with E-state index >= 15 is 0 Å². The summed E-state index contributed by atoms with van der Waals surface area (Å²) in [5.74, 6) is 0. The lowest BCUT2D eigenvalue weighted by atomic mass is 10.1. The fourth-order valence-electron chi connectivity index (χ4n) is 3.06. The van der Waals surface area contributed by atoms with Crippen molar-refractivity contribution in [3.8, 4) is 5.69 Å². The summed E-state index contributed by atoms with van der Waals surface area (Å²) in [4.78, 5) is 20.7. The summed E-state index contributed by atoms with van der Waals surface area (Å²) >= 11 is 6.18. The van der Waals surface area contributed by atoms with E-state index in [-0.39, 0.29) is 22.8 Å². The maximum absolute atomic E-state index is 13.3. The minimum absolute atomic E-state index is 0.160. The molecule has 0 aliphatic heterocycles. The van der Waals surface area contributed by atoms with Crippen LogP contribution in [0.1, 0.15) is 17.0 Å². The van der Waals surface area contributed by atoms with Gasteiger partial charge in [0.05, 0.1) is 22.6 Å². The Morgan fingerprint density at radius 2 is 1.86 bits per heavy atom. The maximum Gasteiger partial charge on any atom is 0.433 e. The third-order valence-electron chi connectivity index (χ3n) is 4.33. The smallest absolute Gasteiger partial charge is 0.276 e. The lowest BCUT2D eigenvalue weighted by molar-refractivity contribution is -0.141. The van der Waals surface area contributed by atoms with Crippen LogP contribution in [0.25, 0.3) is 16.7 Å². The van der Waals surface area contributed by atoms with Crippen molar-refractivity contribution in [2.24, 2.45) is 7.05 Å². The van der Waals surface area contributed by atoms with E-state index in [0.717, 1.165) is 16.2 Å². The van der Waals surface area contributed by atoms with Crippen molar-refractivity contribution in [3.63, 3.8) is 0 Å². The van der Waals surface area contributed by atoms with Gasteiger partial charge in [0, 0.05) is 25.1 Å². The molecular weight excluding hydrogens is 407 g/mol. The Hall–Kier alpha value is -3.20. The van der Waals surface area contributed by atoms with Gasteiger partial charge in [-0.05, 0) is 29.8 Å². The number of aromatic nitrogens is 5. The van der Waals surface area contributed by atoms with Gasteiger partial charge in [0.2, 0.25) is 0 Å². The quantitative estimate of drug-likeness (QED) is 0.507. The summed E-state index contributed by atoms with van der Waals surface area (Å²) in [7, 11) is 1.74. The van der Waals surface area contributed by atoms with Gasteiger partial charge in [0.25, 0.3) is 0 Å². The van der Waals surface area contributed by atoms with Crippen molar-refractivity contribution in [1.29, 1.82) is 0 Å². The summed E-state index contributed by atoms with van der Waals surface area (Å²) < 4.78 is 42.4. The highest BCUT2D eigenvalue weighted by Crippen LogP contribution is 2.30. The molecular formula is C19H13ClF3N5O. The molecule has 0 unspecified atom stereocenters. The standard InChI is InChI=1S/C19H13ClF3N5O/c1-27-10-11(9-24-27)8-14-12-6-7-16(19(21,22)23)26-17(12)28(18(29)25-14)15-5-3-2-4-13(15)20/h2-7,9-10H,8H2,1H3. The Balaban J connectivity index is 2.02. The molecule has 3 heterocycles. The van der Waals surface area contributed by atoms with Gasteiger partial charge in [-0.2, -0.15) is 23.3 Å². The summed E-state index contributed by atoms with van der Waals surface area (Å²) in [6, 6.07) is 8.48.